The van der Waals surface area contributed by atoms with Crippen molar-refractivity contribution in [1.82, 2.24) is 19.4 Å². The van der Waals surface area contributed by atoms with Crippen LogP contribution in [0.1, 0.15) is 82.4 Å². The van der Waals surface area contributed by atoms with Gasteiger partial charge in [0.05, 0.1) is 48.1 Å². The first-order chi connectivity index (χ1) is 17.5. The summed E-state index contributed by atoms with van der Waals surface area (Å²) in [5.74, 6) is -2.04. The average Bonchev–Trinajstić information content (AvgIpc) is 3.53. The third-order valence-corrected chi connectivity index (χ3v) is 7.19. The topological polar surface area (TPSA) is 77.3 Å². The molecule has 3 aromatic rings. The van der Waals surface area contributed by atoms with E-state index >= 15 is 0 Å². The van der Waals surface area contributed by atoms with E-state index < -0.39 is 17.6 Å². The number of nitrogens with zero attached hydrogens (tertiary/aromatic N) is 4. The Hall–Kier alpha value is -3.46. The van der Waals surface area contributed by atoms with Gasteiger partial charge in [0.15, 0.2) is 5.78 Å². The first kappa shape index (κ1) is 24.2. The highest BCUT2D eigenvalue weighted by molar-refractivity contribution is 6.02. The second-order valence-electron chi connectivity index (χ2n) is 9.28. The van der Waals surface area contributed by atoms with Crippen molar-refractivity contribution in [2.24, 2.45) is 0 Å². The molecule has 2 aromatic heterocycles. The van der Waals surface area contributed by atoms with Crippen molar-refractivity contribution < 1.29 is 23.1 Å². The minimum Gasteiger partial charge on any atom is -0.373 e. The summed E-state index contributed by atoms with van der Waals surface area (Å²) in [6.45, 7) is 3.60. The molecule has 7 nitrogen and oxygen atoms in total. The number of fused-ring (bicyclic) bond motifs is 1. The minimum absolute atomic E-state index is 0.0585. The van der Waals surface area contributed by atoms with E-state index in [9.17, 15) is 18.4 Å². The standard InChI is InChI=1S/C27H28F2N4O3/c1-2-17(19-6-5-18(28)13-21(19)29)12-26(34)24-14-20(25-16-36-11-10-32(24)25)27(35)33-9-3-4-23(33)22-15-30-7-8-31-22/h5-8,13-15,17,23H,2-4,9-12,16H2,1H3/t17-,23+/m0/s1. The molecule has 0 spiro atoms. The third-order valence-electron chi connectivity index (χ3n) is 7.19. The summed E-state index contributed by atoms with van der Waals surface area (Å²) in [5.41, 5.74) is 2.63. The maximum absolute atomic E-state index is 14.4. The number of likely N-dealkylation sites (tertiary alicyclic amines) is 1. The number of Topliss-reactive ketones (excluding diaryl/α,β-unsaturated/α-hetero) is 1. The highest BCUT2D eigenvalue weighted by Gasteiger charge is 2.35. The van der Waals surface area contributed by atoms with Gasteiger partial charge in [-0.2, -0.15) is 0 Å². The molecule has 0 bridgehead atoms. The summed E-state index contributed by atoms with van der Waals surface area (Å²) >= 11 is 0. The normalized spacial score (nSPS) is 18.2. The molecule has 2 aliphatic heterocycles. The third kappa shape index (κ3) is 4.55. The van der Waals surface area contributed by atoms with Gasteiger partial charge in [-0.25, -0.2) is 8.78 Å². The van der Waals surface area contributed by atoms with E-state index in [-0.39, 0.29) is 30.8 Å². The van der Waals surface area contributed by atoms with Crippen LogP contribution in [0.5, 0.6) is 0 Å². The van der Waals surface area contributed by atoms with Crippen molar-refractivity contribution in [3.63, 3.8) is 0 Å². The van der Waals surface area contributed by atoms with Crippen LogP contribution in [0.2, 0.25) is 0 Å². The van der Waals surface area contributed by atoms with Crippen LogP contribution in [0.4, 0.5) is 8.78 Å². The Balaban J connectivity index is 1.44. The number of rotatable bonds is 7. The molecule has 0 radical (unpaired) electrons. The Morgan fingerprint density at radius 3 is 2.81 bits per heavy atom. The molecular formula is C27H28F2N4O3. The van der Waals surface area contributed by atoms with Crippen LogP contribution in [-0.2, 0) is 17.9 Å². The van der Waals surface area contributed by atoms with E-state index in [2.05, 4.69) is 9.97 Å². The van der Waals surface area contributed by atoms with Crippen molar-refractivity contribution in [2.75, 3.05) is 13.2 Å². The largest absolute Gasteiger partial charge is 0.373 e. The molecule has 2 atom stereocenters. The Labute approximate surface area is 208 Å². The smallest absolute Gasteiger partial charge is 0.256 e. The van der Waals surface area contributed by atoms with Crippen molar-refractivity contribution in [1.29, 1.82) is 0 Å². The van der Waals surface area contributed by atoms with E-state index in [1.54, 1.807) is 29.6 Å². The maximum Gasteiger partial charge on any atom is 0.256 e. The van der Waals surface area contributed by atoms with E-state index in [1.807, 2.05) is 11.5 Å². The lowest BCUT2D eigenvalue weighted by Crippen LogP contribution is -2.32. The minimum atomic E-state index is -0.653. The lowest BCUT2D eigenvalue weighted by atomic mass is 9.90. The molecule has 36 heavy (non-hydrogen) atoms. The van der Waals surface area contributed by atoms with Gasteiger partial charge in [0.25, 0.3) is 5.91 Å². The summed E-state index contributed by atoms with van der Waals surface area (Å²) in [6.07, 6.45) is 7.13. The second kappa shape index (κ2) is 10.3. The number of halogens is 2. The molecule has 0 saturated carbocycles. The Morgan fingerprint density at radius 2 is 2.06 bits per heavy atom. The highest BCUT2D eigenvalue weighted by Crippen LogP contribution is 2.34. The van der Waals surface area contributed by atoms with Gasteiger partial charge in [-0.3, -0.25) is 19.6 Å². The van der Waals surface area contributed by atoms with Crippen LogP contribution in [-0.4, -0.2) is 44.3 Å². The van der Waals surface area contributed by atoms with E-state index in [0.717, 1.165) is 24.6 Å². The first-order valence-corrected chi connectivity index (χ1v) is 12.3. The zero-order valence-corrected chi connectivity index (χ0v) is 20.1. The Kier molecular flexibility index (Phi) is 6.91. The molecule has 1 fully saturated rings. The number of hydrogen-bond acceptors (Lipinski definition) is 5. The van der Waals surface area contributed by atoms with E-state index in [0.29, 0.717) is 48.6 Å². The first-order valence-electron chi connectivity index (χ1n) is 12.3. The fourth-order valence-corrected chi connectivity index (χ4v) is 5.33. The van der Waals surface area contributed by atoms with Crippen LogP contribution < -0.4 is 0 Å². The van der Waals surface area contributed by atoms with Crippen molar-refractivity contribution in [3.05, 3.63) is 82.7 Å². The van der Waals surface area contributed by atoms with Gasteiger partial charge in [-0.1, -0.05) is 13.0 Å². The molecule has 188 valence electrons. The average molecular weight is 495 g/mol. The second-order valence-corrected chi connectivity index (χ2v) is 9.28. The molecule has 5 rings (SSSR count). The van der Waals surface area contributed by atoms with E-state index in [4.69, 9.17) is 4.74 Å². The Morgan fingerprint density at radius 1 is 1.19 bits per heavy atom. The van der Waals surface area contributed by atoms with Crippen LogP contribution in [0.15, 0.2) is 42.9 Å². The van der Waals surface area contributed by atoms with Crippen molar-refractivity contribution >= 4 is 11.7 Å². The van der Waals surface area contributed by atoms with Gasteiger partial charge < -0.3 is 14.2 Å². The van der Waals surface area contributed by atoms with Gasteiger partial charge in [0.2, 0.25) is 0 Å². The Bertz CT molecular complexity index is 1280. The summed E-state index contributed by atoms with van der Waals surface area (Å²) in [5, 5.41) is 0. The SMILES string of the molecule is CC[C@@H](CC(=O)c1cc(C(=O)N2CCC[C@@H]2c2cnccn2)c2n1CCOC2)c1ccc(F)cc1F. The zero-order chi connectivity index (χ0) is 25.2. The number of carbonyl (C=O) groups excluding carboxylic acids is 2. The lowest BCUT2D eigenvalue weighted by Gasteiger charge is -2.25. The monoisotopic (exact) mass is 494 g/mol. The van der Waals surface area contributed by atoms with Gasteiger partial charge in [-0.05, 0) is 42.9 Å². The maximum atomic E-state index is 14.4. The number of hydrogen-bond donors (Lipinski definition) is 0. The summed E-state index contributed by atoms with van der Waals surface area (Å²) < 4.78 is 35.4. The number of amides is 1. The molecule has 0 N–H and O–H groups in total. The van der Waals surface area contributed by atoms with Gasteiger partial charge in [0.1, 0.15) is 11.6 Å². The fourth-order valence-electron chi connectivity index (χ4n) is 5.33. The summed E-state index contributed by atoms with van der Waals surface area (Å²) in [7, 11) is 0. The van der Waals surface area contributed by atoms with Crippen molar-refractivity contribution in [2.45, 2.75) is 57.7 Å². The molecule has 1 aromatic carbocycles. The van der Waals surface area contributed by atoms with Crippen LogP contribution in [0.3, 0.4) is 0 Å². The summed E-state index contributed by atoms with van der Waals surface area (Å²) in [6, 6.07) is 4.95. The highest BCUT2D eigenvalue weighted by atomic mass is 19.1. The molecule has 2 aliphatic rings. The van der Waals surface area contributed by atoms with Crippen molar-refractivity contribution in [3.8, 4) is 0 Å². The molecule has 1 saturated heterocycles. The van der Waals surface area contributed by atoms with Gasteiger partial charge >= 0.3 is 0 Å². The molecule has 1 amide bonds. The molecule has 4 heterocycles. The number of benzene rings is 1. The predicted molar refractivity (Wildman–Crippen MR) is 127 cm³/mol. The molecule has 0 unspecified atom stereocenters. The molecular weight excluding hydrogens is 466 g/mol. The number of ether oxygens (including phenoxy) is 1. The summed E-state index contributed by atoms with van der Waals surface area (Å²) in [4.78, 5) is 37.5. The predicted octanol–water partition coefficient (Wildman–Crippen LogP) is 4.83. The van der Waals surface area contributed by atoms with Crippen LogP contribution in [0.25, 0.3) is 0 Å². The molecule has 9 heteroatoms. The number of ketones is 1. The number of carbonyl (C=O) groups is 2. The van der Waals surface area contributed by atoms with Crippen LogP contribution >= 0.6 is 0 Å². The lowest BCUT2D eigenvalue weighted by molar-refractivity contribution is 0.0687. The van der Waals surface area contributed by atoms with E-state index in [1.165, 1.54) is 12.1 Å². The van der Waals surface area contributed by atoms with Crippen LogP contribution in [0, 0.1) is 11.6 Å². The zero-order valence-electron chi connectivity index (χ0n) is 20.1. The van der Waals surface area contributed by atoms with Gasteiger partial charge in [0, 0.05) is 38.0 Å². The van der Waals surface area contributed by atoms with Gasteiger partial charge in [-0.15, -0.1) is 0 Å². The quantitative estimate of drug-likeness (QED) is 0.440. The molecule has 0 aliphatic carbocycles. The number of aromatic nitrogens is 3. The fraction of sp³-hybridized carbons (Fsp3) is 0.407.